The molecule has 0 spiro atoms. The Morgan fingerprint density at radius 3 is 2.65 bits per heavy atom. The highest BCUT2D eigenvalue weighted by molar-refractivity contribution is 5.40. The van der Waals surface area contributed by atoms with Crippen molar-refractivity contribution >= 4 is 0 Å². The summed E-state index contributed by atoms with van der Waals surface area (Å²) in [6, 6.07) is 6.13. The van der Waals surface area contributed by atoms with Gasteiger partial charge in [0.15, 0.2) is 0 Å². The van der Waals surface area contributed by atoms with Gasteiger partial charge in [-0.2, -0.15) is 0 Å². The van der Waals surface area contributed by atoms with Crippen LogP contribution in [0.4, 0.5) is 0 Å². The first-order chi connectivity index (χ1) is 8.25. The molecule has 1 aromatic carbocycles. The molecule has 92 valence electrons. The van der Waals surface area contributed by atoms with Gasteiger partial charge < -0.3 is 10.8 Å². The number of rotatable bonds is 1. The topological polar surface area (TPSA) is 46.2 Å². The fourth-order valence-corrected chi connectivity index (χ4v) is 3.77. The van der Waals surface area contributed by atoms with Crippen LogP contribution in [0.1, 0.15) is 49.1 Å². The molecule has 3 N–H and O–H groups in total. The maximum absolute atomic E-state index is 9.69. The molecule has 1 aromatic rings. The Hall–Kier alpha value is -1.02. The predicted octanol–water partition coefficient (Wildman–Crippen LogP) is 2.94. The summed E-state index contributed by atoms with van der Waals surface area (Å²) in [5, 5.41) is 9.69. The van der Waals surface area contributed by atoms with Crippen LogP contribution in [-0.2, 0) is 6.42 Å². The van der Waals surface area contributed by atoms with Gasteiger partial charge in [-0.3, -0.25) is 0 Å². The van der Waals surface area contributed by atoms with Crippen LogP contribution in [0.2, 0.25) is 0 Å². The molecular formula is C15H21NO. The largest absolute Gasteiger partial charge is 0.508 e. The quantitative estimate of drug-likeness (QED) is 0.780. The Morgan fingerprint density at radius 2 is 1.88 bits per heavy atom. The van der Waals surface area contributed by atoms with Crippen molar-refractivity contribution in [3.63, 3.8) is 0 Å². The highest BCUT2D eigenvalue weighted by Crippen LogP contribution is 2.44. The molecule has 0 saturated heterocycles. The number of nitrogens with two attached hydrogens (primary N) is 1. The molecule has 2 atom stereocenters. The first-order valence-corrected chi connectivity index (χ1v) is 6.83. The van der Waals surface area contributed by atoms with Gasteiger partial charge in [0.2, 0.25) is 0 Å². The summed E-state index contributed by atoms with van der Waals surface area (Å²) in [4.78, 5) is 0. The number of hydrogen-bond acceptors (Lipinski definition) is 2. The third kappa shape index (κ3) is 1.95. The van der Waals surface area contributed by atoms with E-state index in [0.29, 0.717) is 11.7 Å². The summed E-state index contributed by atoms with van der Waals surface area (Å²) in [6.07, 6.45) is 7.49. The van der Waals surface area contributed by atoms with Gasteiger partial charge in [0, 0.05) is 12.0 Å². The normalized spacial score (nSPS) is 29.2. The van der Waals surface area contributed by atoms with E-state index in [2.05, 4.69) is 6.07 Å². The van der Waals surface area contributed by atoms with Crippen molar-refractivity contribution < 1.29 is 5.11 Å². The highest BCUT2D eigenvalue weighted by Gasteiger charge is 2.34. The summed E-state index contributed by atoms with van der Waals surface area (Å²) in [7, 11) is 0. The van der Waals surface area contributed by atoms with Gasteiger partial charge >= 0.3 is 0 Å². The maximum Gasteiger partial charge on any atom is 0.115 e. The number of fused-ring (bicyclic) bond motifs is 1. The van der Waals surface area contributed by atoms with Gasteiger partial charge in [0.05, 0.1) is 0 Å². The van der Waals surface area contributed by atoms with Crippen LogP contribution in [0.3, 0.4) is 0 Å². The monoisotopic (exact) mass is 231 g/mol. The molecule has 0 aliphatic heterocycles. The first kappa shape index (κ1) is 11.1. The zero-order valence-corrected chi connectivity index (χ0v) is 10.2. The van der Waals surface area contributed by atoms with Gasteiger partial charge in [-0.1, -0.05) is 18.9 Å². The van der Waals surface area contributed by atoms with Crippen molar-refractivity contribution in [2.24, 2.45) is 11.7 Å². The molecule has 1 fully saturated rings. The Balaban J connectivity index is 1.99. The van der Waals surface area contributed by atoms with Crippen molar-refractivity contribution in [3.8, 4) is 5.75 Å². The minimum absolute atomic E-state index is 0.285. The van der Waals surface area contributed by atoms with E-state index in [0.717, 1.165) is 18.8 Å². The molecule has 2 nitrogen and oxygen atoms in total. The summed E-state index contributed by atoms with van der Waals surface area (Å²) < 4.78 is 0. The Labute approximate surface area is 103 Å². The van der Waals surface area contributed by atoms with Crippen LogP contribution in [0.25, 0.3) is 0 Å². The first-order valence-electron chi connectivity index (χ1n) is 6.83. The van der Waals surface area contributed by atoms with Crippen LogP contribution in [0.15, 0.2) is 18.2 Å². The van der Waals surface area contributed by atoms with Gasteiger partial charge in [-0.15, -0.1) is 0 Å². The SMILES string of the molecule is NC1CCc2ccc(O)cc2C1C1CCCC1. The molecule has 2 aliphatic carbocycles. The van der Waals surface area contributed by atoms with Crippen molar-refractivity contribution in [1.29, 1.82) is 0 Å². The van der Waals surface area contributed by atoms with E-state index in [-0.39, 0.29) is 6.04 Å². The number of aromatic hydroxyl groups is 1. The molecule has 2 unspecified atom stereocenters. The number of aryl methyl sites for hydroxylation is 1. The zero-order chi connectivity index (χ0) is 11.8. The van der Waals surface area contributed by atoms with E-state index in [9.17, 15) is 5.11 Å². The van der Waals surface area contributed by atoms with Crippen molar-refractivity contribution in [3.05, 3.63) is 29.3 Å². The summed E-state index contributed by atoms with van der Waals surface area (Å²) in [5.74, 6) is 1.61. The molecule has 17 heavy (non-hydrogen) atoms. The lowest BCUT2D eigenvalue weighted by Gasteiger charge is -2.35. The molecule has 1 saturated carbocycles. The van der Waals surface area contributed by atoms with Gasteiger partial charge in [-0.25, -0.2) is 0 Å². The fourth-order valence-electron chi connectivity index (χ4n) is 3.77. The second-order valence-corrected chi connectivity index (χ2v) is 5.66. The standard InChI is InChI=1S/C15H21NO/c16-14-8-6-10-5-7-12(17)9-13(10)15(14)11-3-1-2-4-11/h5,7,9,11,14-15,17H,1-4,6,8,16H2. The van der Waals surface area contributed by atoms with E-state index in [1.165, 1.54) is 36.8 Å². The Kier molecular flexibility index (Phi) is 2.83. The maximum atomic E-state index is 9.69. The molecular weight excluding hydrogens is 210 g/mol. The lowest BCUT2D eigenvalue weighted by Crippen LogP contribution is -2.36. The minimum Gasteiger partial charge on any atom is -0.508 e. The predicted molar refractivity (Wildman–Crippen MR) is 69.1 cm³/mol. The second-order valence-electron chi connectivity index (χ2n) is 5.66. The van der Waals surface area contributed by atoms with E-state index >= 15 is 0 Å². The van der Waals surface area contributed by atoms with Crippen molar-refractivity contribution in [2.45, 2.75) is 50.5 Å². The third-order valence-corrected chi connectivity index (χ3v) is 4.60. The molecule has 0 aromatic heterocycles. The average molecular weight is 231 g/mol. The molecule has 2 heteroatoms. The van der Waals surface area contributed by atoms with Crippen molar-refractivity contribution in [2.75, 3.05) is 0 Å². The van der Waals surface area contributed by atoms with E-state index in [1.54, 1.807) is 6.07 Å². The number of benzene rings is 1. The van der Waals surface area contributed by atoms with E-state index < -0.39 is 0 Å². The molecule has 0 radical (unpaired) electrons. The summed E-state index contributed by atoms with van der Waals surface area (Å²) in [6.45, 7) is 0. The van der Waals surface area contributed by atoms with E-state index in [4.69, 9.17) is 5.73 Å². The van der Waals surface area contributed by atoms with Crippen molar-refractivity contribution in [1.82, 2.24) is 0 Å². The average Bonchev–Trinajstić information content (AvgIpc) is 2.82. The number of phenols is 1. The number of hydrogen-bond donors (Lipinski definition) is 2. The van der Waals surface area contributed by atoms with Crippen LogP contribution in [-0.4, -0.2) is 11.1 Å². The Bertz CT molecular complexity index is 409. The molecule has 2 aliphatic rings. The lowest BCUT2D eigenvalue weighted by molar-refractivity contribution is 0.342. The Morgan fingerprint density at radius 1 is 1.12 bits per heavy atom. The van der Waals surface area contributed by atoms with Crippen LogP contribution in [0.5, 0.6) is 5.75 Å². The minimum atomic E-state index is 0.285. The van der Waals surface area contributed by atoms with Crippen LogP contribution in [0, 0.1) is 5.92 Å². The summed E-state index contributed by atoms with van der Waals surface area (Å²) >= 11 is 0. The lowest BCUT2D eigenvalue weighted by atomic mass is 9.72. The summed E-state index contributed by atoms with van der Waals surface area (Å²) in [5.41, 5.74) is 9.08. The second kappa shape index (κ2) is 4.34. The van der Waals surface area contributed by atoms with Gasteiger partial charge in [0.1, 0.15) is 5.75 Å². The molecule has 0 heterocycles. The third-order valence-electron chi connectivity index (χ3n) is 4.60. The van der Waals surface area contributed by atoms with Crippen LogP contribution < -0.4 is 5.73 Å². The van der Waals surface area contributed by atoms with Crippen LogP contribution >= 0.6 is 0 Å². The van der Waals surface area contributed by atoms with Gasteiger partial charge in [-0.05, 0) is 54.9 Å². The van der Waals surface area contributed by atoms with Gasteiger partial charge in [0.25, 0.3) is 0 Å². The highest BCUT2D eigenvalue weighted by atomic mass is 16.3. The fraction of sp³-hybridized carbons (Fsp3) is 0.600. The number of phenolic OH excluding ortho intramolecular Hbond substituents is 1. The molecule has 3 rings (SSSR count). The smallest absolute Gasteiger partial charge is 0.115 e. The molecule has 0 bridgehead atoms. The molecule has 0 amide bonds. The zero-order valence-electron chi connectivity index (χ0n) is 10.2. The van der Waals surface area contributed by atoms with E-state index in [1.807, 2.05) is 6.07 Å².